The van der Waals surface area contributed by atoms with Crippen molar-refractivity contribution in [2.45, 2.75) is 50.4 Å². The fourth-order valence-corrected chi connectivity index (χ4v) is 5.83. The molecule has 0 radical (unpaired) electrons. The maximum absolute atomic E-state index is 13.2. The first-order valence-corrected chi connectivity index (χ1v) is 12.5. The van der Waals surface area contributed by atoms with Gasteiger partial charge in [0.05, 0.1) is 11.1 Å². The molecule has 186 valence electrons. The molecule has 2 N–H and O–H groups in total. The third-order valence-electron chi connectivity index (χ3n) is 7.63. The normalized spacial score (nSPS) is 23.7. The number of rotatable bonds is 3. The standard InChI is InChI=1S/C27H28N4O5/c32-23-8-7-21(24(33)29-23)31-25(34)19-6-5-17(13-20(19)26(31)35)14-30-15-18-3-1-2-4-22(18)36-27(16-30)9-11-28-12-10-27/h1-6,13,21,28H,7-12,14-16H2,(H,29,32,33). The predicted molar refractivity (Wildman–Crippen MR) is 129 cm³/mol. The Morgan fingerprint density at radius 2 is 1.75 bits per heavy atom. The second-order valence-electron chi connectivity index (χ2n) is 10.1. The van der Waals surface area contributed by atoms with Gasteiger partial charge in [-0.15, -0.1) is 0 Å². The van der Waals surface area contributed by atoms with Crippen LogP contribution in [0.25, 0.3) is 0 Å². The first-order valence-electron chi connectivity index (χ1n) is 12.5. The summed E-state index contributed by atoms with van der Waals surface area (Å²) in [7, 11) is 0. The molecule has 9 heteroatoms. The molecular weight excluding hydrogens is 460 g/mol. The van der Waals surface area contributed by atoms with Crippen molar-refractivity contribution in [3.8, 4) is 5.75 Å². The number of hydrogen-bond donors (Lipinski definition) is 2. The maximum atomic E-state index is 13.2. The van der Waals surface area contributed by atoms with Crippen LogP contribution >= 0.6 is 0 Å². The van der Waals surface area contributed by atoms with Crippen LogP contribution < -0.4 is 15.4 Å². The van der Waals surface area contributed by atoms with Gasteiger partial charge in [0.2, 0.25) is 11.8 Å². The van der Waals surface area contributed by atoms with Gasteiger partial charge in [0.15, 0.2) is 0 Å². The highest BCUT2D eigenvalue weighted by atomic mass is 16.5. The van der Waals surface area contributed by atoms with E-state index < -0.39 is 23.8 Å². The number of hydrogen-bond acceptors (Lipinski definition) is 7. The highest BCUT2D eigenvalue weighted by Gasteiger charge is 2.45. The summed E-state index contributed by atoms with van der Waals surface area (Å²) in [6.45, 7) is 3.89. The number of nitrogens with one attached hydrogen (secondary N) is 2. The zero-order valence-electron chi connectivity index (χ0n) is 19.9. The van der Waals surface area contributed by atoms with Gasteiger partial charge in [-0.1, -0.05) is 24.3 Å². The molecule has 0 aromatic heterocycles. The van der Waals surface area contributed by atoms with Gasteiger partial charge in [-0.2, -0.15) is 0 Å². The highest BCUT2D eigenvalue weighted by molar-refractivity contribution is 6.23. The molecular formula is C27H28N4O5. The second kappa shape index (κ2) is 8.83. The number of benzene rings is 2. The molecule has 1 atom stereocenters. The predicted octanol–water partition coefficient (Wildman–Crippen LogP) is 1.60. The summed E-state index contributed by atoms with van der Waals surface area (Å²) in [6, 6.07) is 12.5. The van der Waals surface area contributed by atoms with Gasteiger partial charge in [0, 0.05) is 44.5 Å². The molecule has 1 spiro atoms. The molecule has 4 aliphatic heterocycles. The van der Waals surface area contributed by atoms with Crippen LogP contribution in [0.15, 0.2) is 42.5 Å². The largest absolute Gasteiger partial charge is 0.486 e. The number of imide groups is 2. The van der Waals surface area contributed by atoms with Crippen LogP contribution in [-0.4, -0.2) is 64.7 Å². The third-order valence-corrected chi connectivity index (χ3v) is 7.63. The molecule has 0 saturated carbocycles. The van der Waals surface area contributed by atoms with Crippen LogP contribution in [0.2, 0.25) is 0 Å². The van der Waals surface area contributed by atoms with Crippen LogP contribution in [0.1, 0.15) is 57.5 Å². The summed E-state index contributed by atoms with van der Waals surface area (Å²) in [4.78, 5) is 53.5. The lowest BCUT2D eigenvalue weighted by Gasteiger charge is -2.39. The monoisotopic (exact) mass is 488 g/mol. The van der Waals surface area contributed by atoms with E-state index in [4.69, 9.17) is 4.74 Å². The topological polar surface area (TPSA) is 108 Å². The minimum atomic E-state index is -0.961. The van der Waals surface area contributed by atoms with Gasteiger partial charge < -0.3 is 10.1 Å². The quantitative estimate of drug-likeness (QED) is 0.632. The van der Waals surface area contributed by atoms with Crippen molar-refractivity contribution in [1.82, 2.24) is 20.4 Å². The number of para-hydroxylation sites is 1. The van der Waals surface area contributed by atoms with Gasteiger partial charge in [0.25, 0.3) is 11.8 Å². The minimum Gasteiger partial charge on any atom is -0.486 e. The summed E-state index contributed by atoms with van der Waals surface area (Å²) in [5.74, 6) is -1.02. The Balaban J connectivity index is 1.26. The van der Waals surface area contributed by atoms with E-state index in [0.717, 1.165) is 60.8 Å². The maximum Gasteiger partial charge on any atom is 0.262 e. The Bertz CT molecular complexity index is 1270. The van der Waals surface area contributed by atoms with Gasteiger partial charge in [-0.3, -0.25) is 34.3 Å². The van der Waals surface area contributed by atoms with Crippen molar-refractivity contribution in [3.05, 3.63) is 64.7 Å². The lowest BCUT2D eigenvalue weighted by atomic mass is 9.91. The molecule has 4 amide bonds. The molecule has 0 aliphatic carbocycles. The average molecular weight is 489 g/mol. The van der Waals surface area contributed by atoms with Crippen molar-refractivity contribution in [3.63, 3.8) is 0 Å². The minimum absolute atomic E-state index is 0.102. The first kappa shape index (κ1) is 22.9. The summed E-state index contributed by atoms with van der Waals surface area (Å²) in [5.41, 5.74) is 2.38. The Labute approximate surface area is 208 Å². The van der Waals surface area contributed by atoms with Gasteiger partial charge in [-0.05, 0) is 43.3 Å². The SMILES string of the molecule is O=C1CCC(N2C(=O)c3ccc(CN4Cc5ccccc5OC5(CCNCC5)C4)cc3C2=O)C(=O)N1. The van der Waals surface area contributed by atoms with Crippen molar-refractivity contribution in [2.24, 2.45) is 0 Å². The molecule has 9 nitrogen and oxygen atoms in total. The van der Waals surface area contributed by atoms with Crippen LogP contribution in [0.5, 0.6) is 5.75 Å². The van der Waals surface area contributed by atoms with Crippen LogP contribution in [0, 0.1) is 0 Å². The second-order valence-corrected chi connectivity index (χ2v) is 10.1. The summed E-state index contributed by atoms with van der Waals surface area (Å²) < 4.78 is 6.61. The molecule has 36 heavy (non-hydrogen) atoms. The molecule has 1 unspecified atom stereocenters. The molecule has 2 aromatic rings. The van der Waals surface area contributed by atoms with E-state index in [0.29, 0.717) is 17.7 Å². The zero-order valence-corrected chi connectivity index (χ0v) is 19.9. The third kappa shape index (κ3) is 3.98. The zero-order chi connectivity index (χ0) is 24.9. The Kier molecular flexibility index (Phi) is 5.61. The van der Waals surface area contributed by atoms with Crippen LogP contribution in [-0.2, 0) is 22.7 Å². The molecule has 2 aromatic carbocycles. The van der Waals surface area contributed by atoms with Gasteiger partial charge in [0.1, 0.15) is 17.4 Å². The number of amides is 4. The van der Waals surface area contributed by atoms with E-state index in [2.05, 4.69) is 21.6 Å². The van der Waals surface area contributed by atoms with Crippen molar-refractivity contribution in [1.29, 1.82) is 0 Å². The number of nitrogens with zero attached hydrogens (tertiary/aromatic N) is 2. The van der Waals surface area contributed by atoms with Gasteiger partial charge in [-0.25, -0.2) is 0 Å². The van der Waals surface area contributed by atoms with Crippen LogP contribution in [0.4, 0.5) is 0 Å². The first-order chi connectivity index (χ1) is 17.4. The summed E-state index contributed by atoms with van der Waals surface area (Å²) in [5, 5.41) is 5.65. The molecule has 0 bridgehead atoms. The number of piperidine rings is 2. The smallest absolute Gasteiger partial charge is 0.262 e. The lowest BCUT2D eigenvalue weighted by molar-refractivity contribution is -0.136. The van der Waals surface area contributed by atoms with E-state index in [9.17, 15) is 19.2 Å². The molecule has 2 fully saturated rings. The van der Waals surface area contributed by atoms with Crippen molar-refractivity contribution >= 4 is 23.6 Å². The summed E-state index contributed by atoms with van der Waals surface area (Å²) in [6.07, 6.45) is 2.07. The van der Waals surface area contributed by atoms with E-state index in [1.54, 1.807) is 12.1 Å². The van der Waals surface area contributed by atoms with Crippen molar-refractivity contribution < 1.29 is 23.9 Å². The average Bonchev–Trinajstić information content (AvgIpc) is 3.00. The molecule has 6 rings (SSSR count). The Hall–Kier alpha value is -3.56. The fourth-order valence-electron chi connectivity index (χ4n) is 5.83. The van der Waals surface area contributed by atoms with E-state index in [-0.39, 0.29) is 24.3 Å². The lowest BCUT2D eigenvalue weighted by Crippen LogP contribution is -2.54. The Morgan fingerprint density at radius 3 is 2.56 bits per heavy atom. The number of fused-ring (bicyclic) bond motifs is 2. The molecule has 4 aliphatic rings. The molecule has 4 heterocycles. The fraction of sp³-hybridized carbons (Fsp3) is 0.407. The number of carbonyl (C=O) groups is 4. The van der Waals surface area contributed by atoms with E-state index in [1.165, 1.54) is 0 Å². The highest BCUT2D eigenvalue weighted by Crippen LogP contribution is 2.35. The summed E-state index contributed by atoms with van der Waals surface area (Å²) >= 11 is 0. The Morgan fingerprint density at radius 1 is 0.972 bits per heavy atom. The number of ether oxygens (including phenoxy) is 1. The van der Waals surface area contributed by atoms with Gasteiger partial charge >= 0.3 is 0 Å². The number of carbonyl (C=O) groups excluding carboxylic acids is 4. The molecule has 2 saturated heterocycles. The van der Waals surface area contributed by atoms with Crippen LogP contribution in [0.3, 0.4) is 0 Å². The van der Waals surface area contributed by atoms with E-state index in [1.807, 2.05) is 24.3 Å². The van der Waals surface area contributed by atoms with Crippen molar-refractivity contribution in [2.75, 3.05) is 19.6 Å². The van der Waals surface area contributed by atoms with E-state index >= 15 is 0 Å².